The van der Waals surface area contributed by atoms with Crippen LogP contribution in [0.15, 0.2) is 0 Å². The molecule has 0 radical (unpaired) electrons. The van der Waals surface area contributed by atoms with Gasteiger partial charge in [-0.15, -0.1) is 6.42 Å². The fourth-order valence-electron chi connectivity index (χ4n) is 1.24. The molecule has 0 aliphatic carbocycles. The van der Waals surface area contributed by atoms with Crippen molar-refractivity contribution in [3.8, 4) is 12.3 Å². The molecule has 5 nitrogen and oxygen atoms in total. The van der Waals surface area contributed by atoms with Gasteiger partial charge in [-0.1, -0.05) is 19.8 Å². The molecular formula is C12H20N2O3. The summed E-state index contributed by atoms with van der Waals surface area (Å²) in [6, 6.07) is -0.541. The minimum atomic E-state index is -0.997. The van der Waals surface area contributed by atoms with Crippen LogP contribution in [0.5, 0.6) is 0 Å². The molecule has 1 amide bonds. The van der Waals surface area contributed by atoms with Crippen LogP contribution < -0.4 is 5.32 Å². The SMILES string of the molecule is C#CCN(CC(=O)O)C(C)C(=O)NCC(C)C. The van der Waals surface area contributed by atoms with Gasteiger partial charge in [-0.05, 0) is 12.8 Å². The fourth-order valence-corrected chi connectivity index (χ4v) is 1.24. The number of terminal acetylenes is 1. The summed E-state index contributed by atoms with van der Waals surface area (Å²) in [5.41, 5.74) is 0. The summed E-state index contributed by atoms with van der Waals surface area (Å²) < 4.78 is 0. The highest BCUT2D eigenvalue weighted by Gasteiger charge is 2.22. The highest BCUT2D eigenvalue weighted by molar-refractivity contribution is 5.82. The van der Waals surface area contributed by atoms with E-state index in [9.17, 15) is 9.59 Å². The first-order valence-electron chi connectivity index (χ1n) is 5.55. The molecule has 96 valence electrons. The van der Waals surface area contributed by atoms with Crippen LogP contribution in [0, 0.1) is 18.3 Å². The molecule has 0 aliphatic heterocycles. The van der Waals surface area contributed by atoms with Crippen LogP contribution >= 0.6 is 0 Å². The van der Waals surface area contributed by atoms with Crippen molar-refractivity contribution in [2.75, 3.05) is 19.6 Å². The molecule has 1 atom stereocenters. The Labute approximate surface area is 102 Å². The Hall–Kier alpha value is -1.54. The number of carbonyl (C=O) groups is 2. The minimum Gasteiger partial charge on any atom is -0.480 e. The average molecular weight is 240 g/mol. The number of aliphatic carboxylic acids is 1. The van der Waals surface area contributed by atoms with E-state index < -0.39 is 12.0 Å². The van der Waals surface area contributed by atoms with Crippen molar-refractivity contribution in [2.24, 2.45) is 5.92 Å². The Morgan fingerprint density at radius 2 is 2.00 bits per heavy atom. The third-order valence-corrected chi connectivity index (χ3v) is 2.24. The van der Waals surface area contributed by atoms with Crippen molar-refractivity contribution in [1.29, 1.82) is 0 Å². The number of carboxylic acid groups (broad SMARTS) is 1. The lowest BCUT2D eigenvalue weighted by Crippen LogP contribution is -2.47. The molecule has 0 heterocycles. The molecule has 0 saturated carbocycles. The third-order valence-electron chi connectivity index (χ3n) is 2.24. The van der Waals surface area contributed by atoms with Gasteiger partial charge < -0.3 is 10.4 Å². The van der Waals surface area contributed by atoms with E-state index in [0.717, 1.165) is 0 Å². The quantitative estimate of drug-likeness (QED) is 0.622. The molecule has 5 heteroatoms. The van der Waals surface area contributed by atoms with Crippen LogP contribution in [-0.2, 0) is 9.59 Å². The number of hydrogen-bond acceptors (Lipinski definition) is 3. The highest BCUT2D eigenvalue weighted by atomic mass is 16.4. The van der Waals surface area contributed by atoms with E-state index >= 15 is 0 Å². The van der Waals surface area contributed by atoms with Crippen LogP contribution in [0.1, 0.15) is 20.8 Å². The van der Waals surface area contributed by atoms with Crippen LogP contribution in [0.25, 0.3) is 0 Å². The highest BCUT2D eigenvalue weighted by Crippen LogP contribution is 1.99. The van der Waals surface area contributed by atoms with Gasteiger partial charge in [0.1, 0.15) is 0 Å². The molecule has 0 spiro atoms. The molecule has 2 N–H and O–H groups in total. The molecule has 0 aromatic rings. The van der Waals surface area contributed by atoms with Crippen molar-refractivity contribution in [2.45, 2.75) is 26.8 Å². The van der Waals surface area contributed by atoms with Gasteiger partial charge in [0.25, 0.3) is 0 Å². The second-order valence-electron chi connectivity index (χ2n) is 4.32. The zero-order valence-electron chi connectivity index (χ0n) is 10.6. The lowest BCUT2D eigenvalue weighted by atomic mass is 10.2. The minimum absolute atomic E-state index is 0.141. The number of nitrogens with zero attached hydrogens (tertiary/aromatic N) is 1. The van der Waals surface area contributed by atoms with Gasteiger partial charge >= 0.3 is 5.97 Å². The molecular weight excluding hydrogens is 220 g/mol. The molecule has 1 unspecified atom stereocenters. The zero-order chi connectivity index (χ0) is 13.4. The lowest BCUT2D eigenvalue weighted by Gasteiger charge is -2.24. The topological polar surface area (TPSA) is 69.6 Å². The molecule has 0 fully saturated rings. The summed E-state index contributed by atoms with van der Waals surface area (Å²) in [4.78, 5) is 23.8. The van der Waals surface area contributed by atoms with E-state index in [4.69, 9.17) is 11.5 Å². The normalized spacial score (nSPS) is 12.2. The summed E-state index contributed by atoms with van der Waals surface area (Å²) in [5, 5.41) is 11.5. The van der Waals surface area contributed by atoms with Crippen molar-refractivity contribution in [3.63, 3.8) is 0 Å². The van der Waals surface area contributed by atoms with Gasteiger partial charge in [0.15, 0.2) is 0 Å². The van der Waals surface area contributed by atoms with E-state index in [1.807, 2.05) is 13.8 Å². The van der Waals surface area contributed by atoms with Crippen LogP contribution in [0.2, 0.25) is 0 Å². The van der Waals surface area contributed by atoms with Gasteiger partial charge in [0, 0.05) is 6.54 Å². The molecule has 0 saturated heterocycles. The molecule has 0 rings (SSSR count). The van der Waals surface area contributed by atoms with E-state index in [1.165, 1.54) is 4.90 Å². The maximum absolute atomic E-state index is 11.7. The molecule has 0 aromatic carbocycles. The summed E-state index contributed by atoms with van der Waals surface area (Å²) in [6.07, 6.45) is 5.15. The number of rotatable bonds is 7. The van der Waals surface area contributed by atoms with E-state index in [0.29, 0.717) is 12.5 Å². The van der Waals surface area contributed by atoms with Crippen LogP contribution in [-0.4, -0.2) is 47.6 Å². The predicted molar refractivity (Wildman–Crippen MR) is 65.4 cm³/mol. The summed E-state index contributed by atoms with van der Waals surface area (Å²) in [7, 11) is 0. The summed E-state index contributed by atoms with van der Waals surface area (Å²) >= 11 is 0. The first kappa shape index (κ1) is 15.5. The second kappa shape index (κ2) is 7.69. The van der Waals surface area contributed by atoms with Crippen molar-refractivity contribution < 1.29 is 14.7 Å². The monoisotopic (exact) mass is 240 g/mol. The number of carbonyl (C=O) groups excluding carboxylic acids is 1. The summed E-state index contributed by atoms with van der Waals surface area (Å²) in [6.45, 7) is 6.10. The van der Waals surface area contributed by atoms with Gasteiger partial charge in [-0.2, -0.15) is 0 Å². The van der Waals surface area contributed by atoms with Gasteiger partial charge in [0.2, 0.25) is 5.91 Å². The number of nitrogens with one attached hydrogen (secondary N) is 1. The predicted octanol–water partition coefficient (Wildman–Crippen LogP) is 0.167. The average Bonchev–Trinajstić information content (AvgIpc) is 2.23. The van der Waals surface area contributed by atoms with E-state index in [2.05, 4.69) is 11.2 Å². The smallest absolute Gasteiger partial charge is 0.317 e. The Morgan fingerprint density at radius 1 is 1.41 bits per heavy atom. The van der Waals surface area contributed by atoms with Crippen molar-refractivity contribution in [3.05, 3.63) is 0 Å². The second-order valence-corrected chi connectivity index (χ2v) is 4.32. The molecule has 17 heavy (non-hydrogen) atoms. The largest absolute Gasteiger partial charge is 0.480 e. The summed E-state index contributed by atoms with van der Waals surface area (Å²) in [5.74, 6) is 1.51. The molecule has 0 aromatic heterocycles. The lowest BCUT2D eigenvalue weighted by molar-refractivity contribution is -0.139. The van der Waals surface area contributed by atoms with E-state index in [1.54, 1.807) is 6.92 Å². The zero-order valence-corrected chi connectivity index (χ0v) is 10.6. The number of carboxylic acids is 1. The van der Waals surface area contributed by atoms with Gasteiger partial charge in [0.05, 0.1) is 19.1 Å². The Kier molecular flexibility index (Phi) is 6.99. The first-order chi connectivity index (χ1) is 7.88. The standard InChI is InChI=1S/C12H20N2O3/c1-5-6-14(8-11(15)16)10(4)12(17)13-7-9(2)3/h1,9-10H,6-8H2,2-4H3,(H,13,17)(H,15,16). The third kappa shape index (κ3) is 6.59. The van der Waals surface area contributed by atoms with Crippen molar-refractivity contribution >= 4 is 11.9 Å². The fraction of sp³-hybridized carbons (Fsp3) is 0.667. The number of amides is 1. The van der Waals surface area contributed by atoms with Crippen LogP contribution in [0.4, 0.5) is 0 Å². The van der Waals surface area contributed by atoms with Gasteiger partial charge in [-0.25, -0.2) is 0 Å². The first-order valence-corrected chi connectivity index (χ1v) is 5.55. The maximum atomic E-state index is 11.7. The molecule has 0 aliphatic rings. The van der Waals surface area contributed by atoms with Crippen molar-refractivity contribution in [1.82, 2.24) is 10.2 Å². The Morgan fingerprint density at radius 3 is 2.41 bits per heavy atom. The molecule has 0 bridgehead atoms. The van der Waals surface area contributed by atoms with Crippen LogP contribution in [0.3, 0.4) is 0 Å². The maximum Gasteiger partial charge on any atom is 0.317 e. The number of hydrogen-bond donors (Lipinski definition) is 2. The van der Waals surface area contributed by atoms with Gasteiger partial charge in [-0.3, -0.25) is 14.5 Å². The van der Waals surface area contributed by atoms with E-state index in [-0.39, 0.29) is 19.0 Å². The Bertz CT molecular complexity index is 307. The Balaban J connectivity index is 4.39.